The van der Waals surface area contributed by atoms with Gasteiger partial charge in [0.15, 0.2) is 0 Å². The molecule has 92 valence electrons. The zero-order chi connectivity index (χ0) is 12.3. The average Bonchev–Trinajstić information content (AvgIpc) is 2.33. The highest BCUT2D eigenvalue weighted by Crippen LogP contribution is 2.19. The molecule has 1 aromatic rings. The van der Waals surface area contributed by atoms with Crippen LogP contribution >= 0.6 is 0 Å². The van der Waals surface area contributed by atoms with Gasteiger partial charge in [-0.2, -0.15) is 0 Å². The molecule has 0 unspecified atom stereocenters. The summed E-state index contributed by atoms with van der Waals surface area (Å²) in [5.74, 6) is -0.797. The summed E-state index contributed by atoms with van der Waals surface area (Å²) in [6, 6.07) is 2.04. The number of carboxylic acids is 1. The molecule has 0 amide bonds. The summed E-state index contributed by atoms with van der Waals surface area (Å²) in [4.78, 5) is 17.2. The van der Waals surface area contributed by atoms with Gasteiger partial charge in [0.25, 0.3) is 0 Å². The van der Waals surface area contributed by atoms with Crippen LogP contribution in [0.1, 0.15) is 24.0 Å². The third kappa shape index (κ3) is 3.03. The molecule has 0 bridgehead atoms. The first-order valence-electron chi connectivity index (χ1n) is 6.01. The van der Waals surface area contributed by atoms with Crippen molar-refractivity contribution in [1.82, 2.24) is 9.88 Å². The van der Waals surface area contributed by atoms with Gasteiger partial charge in [-0.1, -0.05) is 0 Å². The number of carboxylic acid groups (broad SMARTS) is 1. The first-order valence-corrected chi connectivity index (χ1v) is 6.01. The van der Waals surface area contributed by atoms with E-state index in [4.69, 9.17) is 5.11 Å². The summed E-state index contributed by atoms with van der Waals surface area (Å²) >= 11 is 0. The van der Waals surface area contributed by atoms with Crippen LogP contribution in [0.25, 0.3) is 0 Å². The van der Waals surface area contributed by atoms with E-state index in [9.17, 15) is 4.79 Å². The molecular formula is C13H18N2O2. The van der Waals surface area contributed by atoms with Crippen molar-refractivity contribution in [3.63, 3.8) is 0 Å². The second-order valence-corrected chi connectivity index (χ2v) is 4.69. The molecular weight excluding hydrogens is 216 g/mol. The molecule has 2 heterocycles. The summed E-state index contributed by atoms with van der Waals surface area (Å²) in [5.41, 5.74) is 2.49. The van der Waals surface area contributed by atoms with Crippen molar-refractivity contribution >= 4 is 5.97 Å². The van der Waals surface area contributed by atoms with E-state index in [1.165, 1.54) is 11.1 Å². The van der Waals surface area contributed by atoms with Crippen molar-refractivity contribution in [2.24, 2.45) is 5.92 Å². The van der Waals surface area contributed by atoms with E-state index in [1.54, 1.807) is 0 Å². The molecule has 2 rings (SSSR count). The number of pyridine rings is 1. The molecule has 4 nitrogen and oxygen atoms in total. The number of aliphatic carboxylic acids is 1. The number of hydrogen-bond donors (Lipinski definition) is 1. The molecule has 17 heavy (non-hydrogen) atoms. The van der Waals surface area contributed by atoms with Crippen molar-refractivity contribution in [1.29, 1.82) is 0 Å². The molecule has 1 N–H and O–H groups in total. The fourth-order valence-electron chi connectivity index (χ4n) is 2.26. The highest BCUT2D eigenvalue weighted by Gasteiger charge is 2.24. The van der Waals surface area contributed by atoms with E-state index in [0.29, 0.717) is 0 Å². The van der Waals surface area contributed by atoms with Crippen LogP contribution in [0, 0.1) is 12.8 Å². The van der Waals surface area contributed by atoms with E-state index >= 15 is 0 Å². The predicted octanol–water partition coefficient (Wildman–Crippen LogP) is 1.69. The van der Waals surface area contributed by atoms with Crippen molar-refractivity contribution in [2.75, 3.05) is 13.1 Å². The van der Waals surface area contributed by atoms with Crippen LogP contribution in [0.2, 0.25) is 0 Å². The lowest BCUT2D eigenvalue weighted by Crippen LogP contribution is -2.35. The lowest BCUT2D eigenvalue weighted by atomic mass is 9.96. The van der Waals surface area contributed by atoms with Gasteiger partial charge in [0.2, 0.25) is 0 Å². The Labute approximate surface area is 101 Å². The van der Waals surface area contributed by atoms with Crippen LogP contribution in [0.15, 0.2) is 18.5 Å². The molecule has 1 aromatic heterocycles. The maximum absolute atomic E-state index is 10.8. The quantitative estimate of drug-likeness (QED) is 0.864. The molecule has 1 aliphatic heterocycles. The topological polar surface area (TPSA) is 53.4 Å². The molecule has 1 saturated heterocycles. The van der Waals surface area contributed by atoms with E-state index in [0.717, 1.165) is 32.5 Å². The molecule has 1 aliphatic rings. The zero-order valence-electron chi connectivity index (χ0n) is 10.1. The lowest BCUT2D eigenvalue weighted by molar-refractivity contribution is -0.143. The number of aryl methyl sites for hydroxylation is 1. The van der Waals surface area contributed by atoms with Crippen LogP contribution in [0.3, 0.4) is 0 Å². The lowest BCUT2D eigenvalue weighted by Gasteiger charge is -2.30. The number of carbonyl (C=O) groups is 1. The van der Waals surface area contributed by atoms with Gasteiger partial charge in [-0.3, -0.25) is 14.7 Å². The van der Waals surface area contributed by atoms with Gasteiger partial charge in [-0.05, 0) is 50.0 Å². The minimum atomic E-state index is -0.648. The van der Waals surface area contributed by atoms with Crippen molar-refractivity contribution in [3.8, 4) is 0 Å². The van der Waals surface area contributed by atoms with Crippen molar-refractivity contribution in [2.45, 2.75) is 26.3 Å². The zero-order valence-corrected chi connectivity index (χ0v) is 10.1. The van der Waals surface area contributed by atoms with Crippen LogP contribution in [0.4, 0.5) is 0 Å². The number of hydrogen-bond acceptors (Lipinski definition) is 3. The third-order valence-corrected chi connectivity index (χ3v) is 3.47. The largest absolute Gasteiger partial charge is 0.481 e. The summed E-state index contributed by atoms with van der Waals surface area (Å²) in [7, 11) is 0. The number of aromatic nitrogens is 1. The monoisotopic (exact) mass is 234 g/mol. The van der Waals surface area contributed by atoms with Crippen molar-refractivity contribution < 1.29 is 9.90 Å². The van der Waals surface area contributed by atoms with Gasteiger partial charge in [0.1, 0.15) is 0 Å². The van der Waals surface area contributed by atoms with Crippen LogP contribution in [-0.2, 0) is 11.3 Å². The van der Waals surface area contributed by atoms with Crippen LogP contribution in [0.5, 0.6) is 0 Å². The van der Waals surface area contributed by atoms with Crippen LogP contribution in [-0.4, -0.2) is 34.0 Å². The standard InChI is InChI=1S/C13H18N2O2/c1-10-8-14-5-2-12(10)9-15-6-3-11(4-7-15)13(16)17/h2,5,8,11H,3-4,6-7,9H2,1H3,(H,16,17). The molecule has 0 aliphatic carbocycles. The summed E-state index contributed by atoms with van der Waals surface area (Å²) in [6.07, 6.45) is 5.21. The molecule has 0 aromatic carbocycles. The highest BCUT2D eigenvalue weighted by molar-refractivity contribution is 5.70. The maximum Gasteiger partial charge on any atom is 0.306 e. The molecule has 0 radical (unpaired) electrons. The maximum atomic E-state index is 10.8. The van der Waals surface area contributed by atoms with Crippen molar-refractivity contribution in [3.05, 3.63) is 29.6 Å². The number of likely N-dealkylation sites (tertiary alicyclic amines) is 1. The second-order valence-electron chi connectivity index (χ2n) is 4.69. The minimum Gasteiger partial charge on any atom is -0.481 e. The Balaban J connectivity index is 1.90. The second kappa shape index (κ2) is 5.27. The highest BCUT2D eigenvalue weighted by atomic mass is 16.4. The van der Waals surface area contributed by atoms with Gasteiger partial charge < -0.3 is 5.11 Å². The molecule has 4 heteroatoms. The summed E-state index contributed by atoms with van der Waals surface area (Å²) in [5, 5.41) is 8.93. The summed E-state index contributed by atoms with van der Waals surface area (Å²) < 4.78 is 0. The van der Waals surface area contributed by atoms with Gasteiger partial charge >= 0.3 is 5.97 Å². The predicted molar refractivity (Wildman–Crippen MR) is 64.6 cm³/mol. The minimum absolute atomic E-state index is 0.148. The SMILES string of the molecule is Cc1cnccc1CN1CCC(C(=O)O)CC1. The molecule has 1 fully saturated rings. The Morgan fingerprint density at radius 1 is 1.53 bits per heavy atom. The fraction of sp³-hybridized carbons (Fsp3) is 0.538. The fourth-order valence-corrected chi connectivity index (χ4v) is 2.26. The average molecular weight is 234 g/mol. The molecule has 0 saturated carbocycles. The third-order valence-electron chi connectivity index (χ3n) is 3.47. The van der Waals surface area contributed by atoms with E-state index in [-0.39, 0.29) is 5.92 Å². The number of piperidine rings is 1. The van der Waals surface area contributed by atoms with Gasteiger partial charge in [-0.25, -0.2) is 0 Å². The number of rotatable bonds is 3. The Morgan fingerprint density at radius 3 is 2.82 bits per heavy atom. The normalized spacial score (nSPS) is 18.2. The smallest absolute Gasteiger partial charge is 0.306 e. The molecule has 0 spiro atoms. The van der Waals surface area contributed by atoms with Gasteiger partial charge in [0, 0.05) is 18.9 Å². The first kappa shape index (κ1) is 12.0. The Bertz CT molecular complexity index is 398. The van der Waals surface area contributed by atoms with Crippen LogP contribution < -0.4 is 0 Å². The van der Waals surface area contributed by atoms with E-state index in [2.05, 4.69) is 16.8 Å². The van der Waals surface area contributed by atoms with E-state index < -0.39 is 5.97 Å². The Hall–Kier alpha value is -1.42. The molecule has 0 atom stereocenters. The Kier molecular flexibility index (Phi) is 3.74. The van der Waals surface area contributed by atoms with Gasteiger partial charge in [-0.15, -0.1) is 0 Å². The Morgan fingerprint density at radius 2 is 2.24 bits per heavy atom. The summed E-state index contributed by atoms with van der Waals surface area (Å²) in [6.45, 7) is 4.71. The number of nitrogens with zero attached hydrogens (tertiary/aromatic N) is 2. The van der Waals surface area contributed by atoms with Gasteiger partial charge in [0.05, 0.1) is 5.92 Å². The first-order chi connectivity index (χ1) is 8.16. The van der Waals surface area contributed by atoms with E-state index in [1.807, 2.05) is 18.5 Å².